The second kappa shape index (κ2) is 4.92. The minimum absolute atomic E-state index is 0.400. The Morgan fingerprint density at radius 1 is 1.50 bits per heavy atom. The molecular formula is C11H13NOS. The molecule has 0 N–H and O–H groups in total. The summed E-state index contributed by atoms with van der Waals surface area (Å²) in [5, 5.41) is 8.66. The van der Waals surface area contributed by atoms with Crippen molar-refractivity contribution in [3.63, 3.8) is 0 Å². The van der Waals surface area contributed by atoms with E-state index >= 15 is 0 Å². The fraction of sp³-hybridized carbons (Fsp3) is 0.364. The standard InChI is InChI=1S/C11H13NOS/c1-8-6-10(13-2)9(4-5-12)7-11(8)14-3/h6-7H,4H2,1-3H3. The summed E-state index contributed by atoms with van der Waals surface area (Å²) in [4.78, 5) is 1.20. The maximum Gasteiger partial charge on any atom is 0.123 e. The van der Waals surface area contributed by atoms with E-state index in [1.54, 1.807) is 18.9 Å². The summed E-state index contributed by atoms with van der Waals surface area (Å²) in [5.41, 5.74) is 2.15. The summed E-state index contributed by atoms with van der Waals surface area (Å²) in [6.45, 7) is 2.05. The highest BCUT2D eigenvalue weighted by Crippen LogP contribution is 2.28. The molecule has 0 radical (unpaired) electrons. The Hall–Kier alpha value is -1.14. The van der Waals surface area contributed by atoms with E-state index < -0.39 is 0 Å². The quantitative estimate of drug-likeness (QED) is 0.714. The molecule has 0 aliphatic heterocycles. The van der Waals surface area contributed by atoms with Crippen LogP contribution in [0.15, 0.2) is 17.0 Å². The predicted molar refractivity (Wildman–Crippen MR) is 58.8 cm³/mol. The third-order valence-corrected chi connectivity index (χ3v) is 2.95. The summed E-state index contributed by atoms with van der Waals surface area (Å²) in [6, 6.07) is 6.15. The molecule has 0 saturated carbocycles. The summed E-state index contributed by atoms with van der Waals surface area (Å²) in [5.74, 6) is 0.807. The Morgan fingerprint density at radius 2 is 2.21 bits per heavy atom. The summed E-state index contributed by atoms with van der Waals surface area (Å²) >= 11 is 1.69. The average Bonchev–Trinajstić information content (AvgIpc) is 2.20. The van der Waals surface area contributed by atoms with E-state index in [-0.39, 0.29) is 0 Å². The van der Waals surface area contributed by atoms with Crippen LogP contribution in [0.25, 0.3) is 0 Å². The lowest BCUT2D eigenvalue weighted by Gasteiger charge is -2.10. The highest BCUT2D eigenvalue weighted by atomic mass is 32.2. The summed E-state index contributed by atoms with van der Waals surface area (Å²) in [6.07, 6.45) is 2.43. The molecule has 3 heteroatoms. The monoisotopic (exact) mass is 207 g/mol. The van der Waals surface area contributed by atoms with Gasteiger partial charge < -0.3 is 4.74 Å². The molecule has 0 unspecified atom stereocenters. The van der Waals surface area contributed by atoms with Gasteiger partial charge in [0.15, 0.2) is 0 Å². The maximum atomic E-state index is 8.66. The molecule has 74 valence electrons. The van der Waals surface area contributed by atoms with Crippen LogP contribution in [-0.4, -0.2) is 13.4 Å². The van der Waals surface area contributed by atoms with Crippen molar-refractivity contribution in [1.29, 1.82) is 5.26 Å². The van der Waals surface area contributed by atoms with E-state index in [1.165, 1.54) is 10.5 Å². The van der Waals surface area contributed by atoms with Gasteiger partial charge in [0.2, 0.25) is 0 Å². The van der Waals surface area contributed by atoms with E-state index in [2.05, 4.69) is 6.07 Å². The minimum atomic E-state index is 0.400. The molecule has 0 amide bonds. The van der Waals surface area contributed by atoms with E-state index in [9.17, 15) is 0 Å². The molecule has 0 aliphatic rings. The largest absolute Gasteiger partial charge is 0.496 e. The maximum absolute atomic E-state index is 8.66. The Kier molecular flexibility index (Phi) is 3.84. The Labute approximate surface area is 88.9 Å². The first-order chi connectivity index (χ1) is 6.72. The van der Waals surface area contributed by atoms with Crippen LogP contribution in [0.2, 0.25) is 0 Å². The van der Waals surface area contributed by atoms with E-state index in [4.69, 9.17) is 10.00 Å². The molecule has 0 bridgehead atoms. The smallest absolute Gasteiger partial charge is 0.123 e. The fourth-order valence-electron chi connectivity index (χ4n) is 1.34. The van der Waals surface area contributed by atoms with Gasteiger partial charge in [-0.25, -0.2) is 0 Å². The zero-order valence-corrected chi connectivity index (χ0v) is 9.44. The van der Waals surface area contributed by atoms with Crippen molar-refractivity contribution in [2.45, 2.75) is 18.2 Å². The van der Waals surface area contributed by atoms with Crippen LogP contribution in [0.4, 0.5) is 0 Å². The van der Waals surface area contributed by atoms with E-state index in [0.717, 1.165) is 11.3 Å². The molecule has 1 rings (SSSR count). The van der Waals surface area contributed by atoms with Gasteiger partial charge in [-0.15, -0.1) is 11.8 Å². The van der Waals surface area contributed by atoms with E-state index in [0.29, 0.717) is 6.42 Å². The number of ether oxygens (including phenoxy) is 1. The number of hydrogen-bond acceptors (Lipinski definition) is 3. The number of benzene rings is 1. The molecule has 0 heterocycles. The molecule has 2 nitrogen and oxygen atoms in total. The third-order valence-electron chi connectivity index (χ3n) is 2.07. The minimum Gasteiger partial charge on any atom is -0.496 e. The van der Waals surface area contributed by atoms with Crippen LogP contribution in [0.5, 0.6) is 5.75 Å². The van der Waals surface area contributed by atoms with Gasteiger partial charge in [0.1, 0.15) is 5.75 Å². The molecule has 0 spiro atoms. The topological polar surface area (TPSA) is 33.0 Å². The molecule has 1 aromatic rings. The third kappa shape index (κ3) is 2.21. The Bertz CT molecular complexity index is 368. The average molecular weight is 207 g/mol. The van der Waals surface area contributed by atoms with Crippen molar-refractivity contribution in [2.75, 3.05) is 13.4 Å². The van der Waals surface area contributed by atoms with Gasteiger partial charge >= 0.3 is 0 Å². The number of rotatable bonds is 3. The predicted octanol–water partition coefficient (Wildman–Crippen LogP) is 2.79. The van der Waals surface area contributed by atoms with Crippen LogP contribution < -0.4 is 4.74 Å². The second-order valence-corrected chi connectivity index (χ2v) is 3.82. The molecule has 14 heavy (non-hydrogen) atoms. The van der Waals surface area contributed by atoms with Crippen LogP contribution in [0, 0.1) is 18.3 Å². The number of aryl methyl sites for hydroxylation is 1. The number of nitrogens with zero attached hydrogens (tertiary/aromatic N) is 1. The first-order valence-electron chi connectivity index (χ1n) is 4.31. The molecule has 0 fully saturated rings. The number of thioether (sulfide) groups is 1. The second-order valence-electron chi connectivity index (χ2n) is 2.97. The number of nitriles is 1. The fourth-order valence-corrected chi connectivity index (χ4v) is 1.98. The molecule has 1 aromatic carbocycles. The van der Waals surface area contributed by atoms with Gasteiger partial charge in [-0.3, -0.25) is 0 Å². The van der Waals surface area contributed by atoms with Crippen LogP contribution in [0.1, 0.15) is 11.1 Å². The first-order valence-corrected chi connectivity index (χ1v) is 5.53. The Morgan fingerprint density at radius 3 is 2.71 bits per heavy atom. The molecule has 0 atom stereocenters. The molecule has 0 saturated heterocycles. The van der Waals surface area contributed by atoms with Crippen molar-refractivity contribution >= 4 is 11.8 Å². The van der Waals surface area contributed by atoms with Crippen LogP contribution in [-0.2, 0) is 6.42 Å². The molecule has 0 aliphatic carbocycles. The summed E-state index contributed by atoms with van der Waals surface area (Å²) in [7, 11) is 1.63. The van der Waals surface area contributed by atoms with Gasteiger partial charge in [0.25, 0.3) is 0 Å². The zero-order valence-electron chi connectivity index (χ0n) is 8.63. The van der Waals surface area contributed by atoms with Gasteiger partial charge in [-0.05, 0) is 30.9 Å². The van der Waals surface area contributed by atoms with Crippen molar-refractivity contribution < 1.29 is 4.74 Å². The van der Waals surface area contributed by atoms with Crippen molar-refractivity contribution in [3.05, 3.63) is 23.3 Å². The van der Waals surface area contributed by atoms with Crippen molar-refractivity contribution in [3.8, 4) is 11.8 Å². The van der Waals surface area contributed by atoms with Crippen molar-refractivity contribution in [2.24, 2.45) is 0 Å². The normalized spacial score (nSPS) is 9.57. The van der Waals surface area contributed by atoms with Crippen LogP contribution in [0.3, 0.4) is 0 Å². The van der Waals surface area contributed by atoms with Crippen molar-refractivity contribution in [1.82, 2.24) is 0 Å². The van der Waals surface area contributed by atoms with Gasteiger partial charge in [-0.2, -0.15) is 5.26 Å². The molecule has 0 aromatic heterocycles. The van der Waals surface area contributed by atoms with Gasteiger partial charge in [-0.1, -0.05) is 0 Å². The Balaban J connectivity index is 3.19. The highest BCUT2D eigenvalue weighted by molar-refractivity contribution is 7.98. The first kappa shape index (κ1) is 10.9. The molecular weight excluding hydrogens is 194 g/mol. The lowest BCUT2D eigenvalue weighted by molar-refractivity contribution is 0.410. The van der Waals surface area contributed by atoms with Gasteiger partial charge in [0, 0.05) is 10.5 Å². The SMILES string of the molecule is COc1cc(C)c(SC)cc1CC#N. The lowest BCUT2D eigenvalue weighted by Crippen LogP contribution is -1.93. The summed E-state index contributed by atoms with van der Waals surface area (Å²) < 4.78 is 5.22. The lowest BCUT2D eigenvalue weighted by atomic mass is 10.1. The van der Waals surface area contributed by atoms with Crippen LogP contribution >= 0.6 is 11.8 Å². The van der Waals surface area contributed by atoms with E-state index in [1.807, 2.05) is 25.3 Å². The zero-order chi connectivity index (χ0) is 10.6. The number of hydrogen-bond donors (Lipinski definition) is 0. The highest BCUT2D eigenvalue weighted by Gasteiger charge is 2.06. The number of methoxy groups -OCH3 is 1. The van der Waals surface area contributed by atoms with Gasteiger partial charge in [0.05, 0.1) is 19.6 Å².